The summed E-state index contributed by atoms with van der Waals surface area (Å²) in [5.74, 6) is -0.125. The lowest BCUT2D eigenvalue weighted by molar-refractivity contribution is -0.111. The molecule has 26 heavy (non-hydrogen) atoms. The van der Waals surface area contributed by atoms with Crippen molar-refractivity contribution in [3.05, 3.63) is 59.2 Å². The van der Waals surface area contributed by atoms with Crippen molar-refractivity contribution in [2.24, 2.45) is 0 Å². The second-order valence-corrected chi connectivity index (χ2v) is 6.20. The number of anilines is 1. The normalized spacial score (nSPS) is 15.2. The number of aliphatic hydroxyl groups is 1. The van der Waals surface area contributed by atoms with Crippen molar-refractivity contribution in [1.29, 1.82) is 0 Å². The highest BCUT2D eigenvalue weighted by Crippen LogP contribution is 2.34. The molecule has 1 heterocycles. The zero-order valence-corrected chi connectivity index (χ0v) is 14.4. The van der Waals surface area contributed by atoms with Gasteiger partial charge in [0.1, 0.15) is 17.5 Å². The van der Waals surface area contributed by atoms with Gasteiger partial charge < -0.3 is 15.6 Å². The predicted octanol–water partition coefficient (Wildman–Crippen LogP) is 0.816. The van der Waals surface area contributed by atoms with E-state index in [0.29, 0.717) is 39.9 Å². The van der Waals surface area contributed by atoms with Gasteiger partial charge in [0.25, 0.3) is 0 Å². The highest BCUT2D eigenvalue weighted by atomic mass is 19.1. The van der Waals surface area contributed by atoms with Crippen LogP contribution in [-0.4, -0.2) is 29.0 Å². The number of aromatic nitrogens is 1. The van der Waals surface area contributed by atoms with Crippen molar-refractivity contribution in [2.45, 2.75) is 25.1 Å². The monoisotopic (exact) mass is 357 g/mol. The number of hydrogen-bond acceptors (Lipinski definition) is 5. The fourth-order valence-corrected chi connectivity index (χ4v) is 2.67. The average molecular weight is 357 g/mol. The van der Waals surface area contributed by atoms with E-state index in [2.05, 4.69) is 10.3 Å². The number of aliphatic hydroxyl groups excluding tert-OH is 1. The Kier molecular flexibility index (Phi) is 5.29. The maximum atomic E-state index is 12.9. The zero-order valence-electron chi connectivity index (χ0n) is 14.4. The van der Waals surface area contributed by atoms with Gasteiger partial charge in [-0.15, -0.1) is 0 Å². The predicted molar refractivity (Wildman–Crippen MR) is 97.8 cm³/mol. The molecular weight excluding hydrogens is 335 g/mol. The van der Waals surface area contributed by atoms with Gasteiger partial charge >= 0.3 is 0 Å². The number of halogens is 1. The van der Waals surface area contributed by atoms with E-state index in [4.69, 9.17) is 15.9 Å². The molecule has 1 saturated carbocycles. The molecule has 0 aliphatic heterocycles. The van der Waals surface area contributed by atoms with E-state index in [0.717, 1.165) is 12.8 Å². The first kappa shape index (κ1) is 18.0. The van der Waals surface area contributed by atoms with Gasteiger partial charge in [0.05, 0.1) is 7.11 Å². The smallest absolute Gasteiger partial charge is 0.212 e. The summed E-state index contributed by atoms with van der Waals surface area (Å²) in [6.07, 6.45) is 5.97. The third-order valence-corrected chi connectivity index (χ3v) is 4.18. The summed E-state index contributed by atoms with van der Waals surface area (Å²) in [4.78, 5) is 3.59. The van der Waals surface area contributed by atoms with Crippen molar-refractivity contribution in [2.75, 3.05) is 12.8 Å². The van der Waals surface area contributed by atoms with E-state index in [9.17, 15) is 9.50 Å². The molecule has 1 aliphatic carbocycles. The quantitative estimate of drug-likeness (QED) is 0.254. The second-order valence-electron chi connectivity index (χ2n) is 6.20. The Morgan fingerprint density at radius 1 is 1.42 bits per heavy atom. The largest absolute Gasteiger partial charge is 0.495 e. The summed E-state index contributed by atoms with van der Waals surface area (Å²) in [7, 11) is 1.51. The van der Waals surface area contributed by atoms with Gasteiger partial charge in [0.15, 0.2) is 0 Å². The molecule has 6 nitrogen and oxygen atoms in total. The molecule has 0 radical (unpaired) electrons. The van der Waals surface area contributed by atoms with Crippen LogP contribution in [0.3, 0.4) is 0 Å². The van der Waals surface area contributed by atoms with E-state index < -0.39 is 12.2 Å². The number of methoxy groups -OCH3 is 1. The van der Waals surface area contributed by atoms with Crippen LogP contribution in [0.25, 0.3) is 6.08 Å². The highest BCUT2D eigenvalue weighted by molar-refractivity contribution is 6.12. The molecule has 1 aromatic carbocycles. The van der Waals surface area contributed by atoms with E-state index in [1.807, 2.05) is 0 Å². The molecule has 3 rings (SSSR count). The van der Waals surface area contributed by atoms with Gasteiger partial charge in [0, 0.05) is 29.6 Å². The standard InChI is InChI=1S/C19H21FN4O2/c1-26-18-13(19(25)24-12-4-5-12)6-8-15(22)17(18)14(21)7-2-11-3-9-16(20)23-10-11/h2-3,6-10,12,19,21,24-25H,4-5,22H2,1H3/p+1/b7-2+,21-14?. The Hall–Kier alpha value is -2.77. The number of allylic oxidation sites excluding steroid dienone is 1. The van der Waals surface area contributed by atoms with Gasteiger partial charge in [-0.05, 0) is 48.7 Å². The number of nitrogen functional groups attached to an aromatic ring is 1. The average Bonchev–Trinajstić information content (AvgIpc) is 3.44. The molecule has 0 bridgehead atoms. The summed E-state index contributed by atoms with van der Waals surface area (Å²) < 4.78 is 18.4. The highest BCUT2D eigenvalue weighted by Gasteiger charge is 2.28. The number of rotatable bonds is 7. The molecular formula is C19H22FN4O2+. The number of benzene rings is 1. The van der Waals surface area contributed by atoms with Gasteiger partial charge in [-0.2, -0.15) is 4.39 Å². The maximum Gasteiger partial charge on any atom is 0.212 e. The van der Waals surface area contributed by atoms with Gasteiger partial charge in [-0.1, -0.05) is 0 Å². The SMILES string of the molecule is COc1c(C(O)NC2CC2)ccc(N)c1C(=[NH2+])/C=C/c1ccc(F)nc1. The number of nitrogens with zero attached hydrogens (tertiary/aromatic N) is 1. The topological polar surface area (TPSA) is 106 Å². The molecule has 0 amide bonds. The van der Waals surface area contributed by atoms with Crippen LogP contribution < -0.4 is 21.2 Å². The molecule has 136 valence electrons. The lowest BCUT2D eigenvalue weighted by Gasteiger charge is -2.18. The summed E-state index contributed by atoms with van der Waals surface area (Å²) >= 11 is 0. The molecule has 2 aromatic rings. The maximum absolute atomic E-state index is 12.9. The molecule has 1 aromatic heterocycles. The third-order valence-electron chi connectivity index (χ3n) is 4.18. The molecule has 6 N–H and O–H groups in total. The zero-order chi connectivity index (χ0) is 18.7. The minimum atomic E-state index is -0.866. The first-order valence-electron chi connectivity index (χ1n) is 8.32. The number of hydrogen-bond donors (Lipinski definition) is 4. The number of nitrogens with two attached hydrogens (primary N) is 2. The molecule has 0 spiro atoms. The van der Waals surface area contributed by atoms with Crippen LogP contribution in [0.1, 0.15) is 35.8 Å². The number of ether oxygens (including phenoxy) is 1. The fourth-order valence-electron chi connectivity index (χ4n) is 2.67. The van der Waals surface area contributed by atoms with Crippen LogP contribution in [0.15, 0.2) is 36.5 Å². The van der Waals surface area contributed by atoms with Gasteiger partial charge in [0.2, 0.25) is 11.7 Å². The van der Waals surface area contributed by atoms with Crippen LogP contribution in [0.2, 0.25) is 0 Å². The first-order chi connectivity index (χ1) is 12.5. The Bertz CT molecular complexity index is 832. The van der Waals surface area contributed by atoms with Crippen LogP contribution in [-0.2, 0) is 0 Å². The molecule has 1 atom stereocenters. The Labute approximate surface area is 151 Å². The summed E-state index contributed by atoms with van der Waals surface area (Å²) in [6, 6.07) is 6.59. The van der Waals surface area contributed by atoms with Crippen molar-refractivity contribution in [3.8, 4) is 5.75 Å². The number of nitrogens with one attached hydrogen (secondary N) is 1. The molecule has 7 heteroatoms. The van der Waals surface area contributed by atoms with Crippen molar-refractivity contribution in [3.63, 3.8) is 0 Å². The summed E-state index contributed by atoms with van der Waals surface area (Å²) in [6.45, 7) is 0. The Morgan fingerprint density at radius 2 is 2.19 bits per heavy atom. The molecule has 1 unspecified atom stereocenters. The lowest BCUT2D eigenvalue weighted by atomic mass is 10.0. The summed E-state index contributed by atoms with van der Waals surface area (Å²) in [5.41, 5.74) is 8.66. The van der Waals surface area contributed by atoms with Crippen molar-refractivity contribution in [1.82, 2.24) is 10.3 Å². The Morgan fingerprint density at radius 3 is 2.81 bits per heavy atom. The van der Waals surface area contributed by atoms with E-state index in [1.165, 1.54) is 19.4 Å². The molecule has 1 fully saturated rings. The van der Waals surface area contributed by atoms with E-state index in [-0.39, 0.29) is 0 Å². The van der Waals surface area contributed by atoms with Crippen LogP contribution in [0.5, 0.6) is 5.75 Å². The van der Waals surface area contributed by atoms with Crippen LogP contribution >= 0.6 is 0 Å². The molecule has 1 aliphatic rings. The van der Waals surface area contributed by atoms with Gasteiger partial charge in [-0.25, -0.2) is 4.98 Å². The minimum Gasteiger partial charge on any atom is -0.495 e. The third kappa shape index (κ3) is 4.07. The number of pyridine rings is 1. The van der Waals surface area contributed by atoms with Crippen molar-refractivity contribution < 1.29 is 19.6 Å². The molecule has 0 saturated heterocycles. The first-order valence-corrected chi connectivity index (χ1v) is 8.32. The second kappa shape index (κ2) is 7.63. The van der Waals surface area contributed by atoms with Crippen molar-refractivity contribution >= 4 is 17.5 Å². The fraction of sp³-hybridized carbons (Fsp3) is 0.263. The van der Waals surface area contributed by atoms with Crippen LogP contribution in [0.4, 0.5) is 10.1 Å². The Balaban J connectivity index is 1.89. The summed E-state index contributed by atoms with van der Waals surface area (Å²) in [5, 5.41) is 19.8. The van der Waals surface area contributed by atoms with Gasteiger partial charge in [-0.3, -0.25) is 10.7 Å². The minimum absolute atomic E-state index is 0.322. The lowest BCUT2D eigenvalue weighted by Crippen LogP contribution is -2.40. The van der Waals surface area contributed by atoms with Crippen LogP contribution in [0, 0.1) is 5.95 Å². The van der Waals surface area contributed by atoms with E-state index >= 15 is 0 Å². The van der Waals surface area contributed by atoms with E-state index in [1.54, 1.807) is 30.4 Å².